The number of likely N-dealkylation sites (tertiary alicyclic amines) is 1. The van der Waals surface area contributed by atoms with Crippen molar-refractivity contribution < 1.29 is 9.53 Å². The van der Waals surface area contributed by atoms with E-state index < -0.39 is 0 Å². The molecule has 166 valence electrons. The molecule has 2 aliphatic heterocycles. The smallest absolute Gasteiger partial charge is 0.245 e. The second-order valence-corrected chi connectivity index (χ2v) is 9.14. The Bertz CT molecular complexity index is 1320. The van der Waals surface area contributed by atoms with Crippen molar-refractivity contribution in [1.29, 1.82) is 5.26 Å². The summed E-state index contributed by atoms with van der Waals surface area (Å²) in [6, 6.07) is 15.7. The molecule has 2 fully saturated rings. The Hall–Kier alpha value is -3.56. The Morgan fingerprint density at radius 3 is 2.76 bits per heavy atom. The van der Waals surface area contributed by atoms with Crippen LogP contribution in [0.5, 0.6) is 5.75 Å². The van der Waals surface area contributed by atoms with Gasteiger partial charge in [0.1, 0.15) is 23.2 Å². The molecule has 2 aromatic carbocycles. The highest BCUT2D eigenvalue weighted by Crippen LogP contribution is 2.45. The number of nitrogens with zero attached hydrogens (tertiary/aromatic N) is 4. The van der Waals surface area contributed by atoms with Crippen molar-refractivity contribution in [1.82, 2.24) is 9.88 Å². The summed E-state index contributed by atoms with van der Waals surface area (Å²) < 4.78 is 5.43. The maximum atomic E-state index is 11.9. The molecule has 5 rings (SSSR count). The number of hydrogen-bond acceptors (Lipinski definition) is 5. The van der Waals surface area contributed by atoms with E-state index in [2.05, 4.69) is 17.5 Å². The van der Waals surface area contributed by atoms with Crippen LogP contribution in [0.1, 0.15) is 12.0 Å². The lowest BCUT2D eigenvalue weighted by Gasteiger charge is -2.47. The van der Waals surface area contributed by atoms with Gasteiger partial charge in [-0.1, -0.05) is 36.4 Å². The molecular weight excluding hydrogens is 436 g/mol. The molecule has 0 radical (unpaired) electrons. The van der Waals surface area contributed by atoms with Crippen LogP contribution in [-0.2, 0) is 4.79 Å². The number of amides is 1. The van der Waals surface area contributed by atoms with Crippen molar-refractivity contribution in [2.75, 3.05) is 38.2 Å². The van der Waals surface area contributed by atoms with Crippen LogP contribution in [0.25, 0.3) is 22.0 Å². The molecule has 2 saturated heterocycles. The molecule has 3 aromatic rings. The molecule has 0 aliphatic carbocycles. The maximum Gasteiger partial charge on any atom is 0.245 e. The summed E-state index contributed by atoms with van der Waals surface area (Å²) in [5.74, 6) is 1.32. The molecule has 1 spiro atoms. The monoisotopic (exact) mass is 458 g/mol. The Balaban J connectivity index is 1.63. The van der Waals surface area contributed by atoms with Gasteiger partial charge in [-0.3, -0.25) is 4.79 Å². The molecule has 0 atom stereocenters. The van der Waals surface area contributed by atoms with Gasteiger partial charge in [-0.05, 0) is 30.7 Å². The average Bonchev–Trinajstić information content (AvgIpc) is 3.27. The number of halogens is 1. The first-order valence-corrected chi connectivity index (χ1v) is 11.2. The Labute approximate surface area is 197 Å². The van der Waals surface area contributed by atoms with Gasteiger partial charge in [0.2, 0.25) is 5.91 Å². The van der Waals surface area contributed by atoms with Gasteiger partial charge >= 0.3 is 0 Å². The number of anilines is 1. The number of methoxy groups -OCH3 is 1. The van der Waals surface area contributed by atoms with E-state index in [-0.39, 0.29) is 11.3 Å². The molecule has 7 heteroatoms. The third-order valence-corrected chi connectivity index (χ3v) is 7.04. The van der Waals surface area contributed by atoms with E-state index in [1.165, 1.54) is 6.08 Å². The highest BCUT2D eigenvalue weighted by Gasteiger charge is 2.49. The number of fused-ring (bicyclic) bond motifs is 1. The minimum absolute atomic E-state index is 0.0287. The number of carbonyl (C=O) groups excluding carboxylic acids is 1. The van der Waals surface area contributed by atoms with Gasteiger partial charge in [0.15, 0.2) is 0 Å². The van der Waals surface area contributed by atoms with Gasteiger partial charge in [-0.2, -0.15) is 5.26 Å². The molecular formula is C26H23ClN4O2. The highest BCUT2D eigenvalue weighted by molar-refractivity contribution is 6.34. The van der Waals surface area contributed by atoms with Crippen LogP contribution in [0.2, 0.25) is 5.02 Å². The molecule has 0 saturated carbocycles. The van der Waals surface area contributed by atoms with Crippen molar-refractivity contribution in [3.63, 3.8) is 0 Å². The fourth-order valence-electron chi connectivity index (χ4n) is 5.06. The van der Waals surface area contributed by atoms with Crippen molar-refractivity contribution in [2.24, 2.45) is 5.41 Å². The molecule has 0 N–H and O–H groups in total. The molecule has 2 aliphatic rings. The third kappa shape index (κ3) is 3.49. The normalized spacial score (nSPS) is 16.5. The van der Waals surface area contributed by atoms with E-state index >= 15 is 0 Å². The summed E-state index contributed by atoms with van der Waals surface area (Å²) in [6.45, 7) is 6.51. The van der Waals surface area contributed by atoms with Crippen LogP contribution in [0, 0.1) is 16.7 Å². The number of ether oxygens (including phenoxy) is 1. The van der Waals surface area contributed by atoms with Gasteiger partial charge in [-0.25, -0.2) is 4.98 Å². The minimum Gasteiger partial charge on any atom is -0.497 e. The average molecular weight is 459 g/mol. The first kappa shape index (κ1) is 21.3. The Morgan fingerprint density at radius 2 is 2.06 bits per heavy atom. The van der Waals surface area contributed by atoms with Crippen LogP contribution in [-0.4, -0.2) is 49.1 Å². The van der Waals surface area contributed by atoms with Gasteiger partial charge < -0.3 is 14.5 Å². The predicted molar refractivity (Wildman–Crippen MR) is 129 cm³/mol. The second-order valence-electron chi connectivity index (χ2n) is 8.73. The topological polar surface area (TPSA) is 69.5 Å². The van der Waals surface area contributed by atoms with E-state index in [9.17, 15) is 10.1 Å². The summed E-state index contributed by atoms with van der Waals surface area (Å²) in [5, 5.41) is 11.7. The number of aromatic nitrogens is 1. The fraction of sp³-hybridized carbons (Fsp3) is 0.269. The van der Waals surface area contributed by atoms with E-state index in [0.717, 1.165) is 41.5 Å². The van der Waals surface area contributed by atoms with Crippen LogP contribution < -0.4 is 9.64 Å². The molecule has 1 amide bonds. The van der Waals surface area contributed by atoms with Crippen molar-refractivity contribution in [2.45, 2.75) is 6.42 Å². The Morgan fingerprint density at radius 1 is 1.27 bits per heavy atom. The minimum atomic E-state index is -0.0336. The number of rotatable bonds is 4. The van der Waals surface area contributed by atoms with E-state index in [0.29, 0.717) is 35.2 Å². The van der Waals surface area contributed by atoms with Crippen LogP contribution >= 0.6 is 11.6 Å². The number of hydrogen-bond donors (Lipinski definition) is 0. The van der Waals surface area contributed by atoms with Crippen molar-refractivity contribution >= 4 is 34.2 Å². The molecule has 1 aromatic heterocycles. The maximum absolute atomic E-state index is 11.9. The van der Waals surface area contributed by atoms with Gasteiger partial charge in [0, 0.05) is 59.2 Å². The number of pyridine rings is 1. The Kier molecular flexibility index (Phi) is 5.22. The van der Waals surface area contributed by atoms with Crippen molar-refractivity contribution in [3.8, 4) is 22.9 Å². The lowest BCUT2D eigenvalue weighted by atomic mass is 9.79. The standard InChI is InChI=1S/C26H23ClN4O2/c1-3-23(32)31-15-26(16-31)10-11-30(14-26)25-20(13-28)24(18-6-4-5-7-21(18)27)19-9-8-17(33-2)12-22(19)29-25/h3-9,12H,1,10-11,14-16H2,2H3. The zero-order valence-corrected chi connectivity index (χ0v) is 19.1. The first-order valence-electron chi connectivity index (χ1n) is 10.8. The SMILES string of the molecule is C=CC(=O)N1CC2(CCN(c3nc4cc(OC)ccc4c(-c4ccccc4Cl)c3C#N)C2)C1. The fourth-order valence-corrected chi connectivity index (χ4v) is 5.29. The van der Waals surface area contributed by atoms with Crippen molar-refractivity contribution in [3.05, 3.63) is 65.7 Å². The quantitative estimate of drug-likeness (QED) is 0.532. The largest absolute Gasteiger partial charge is 0.497 e. The number of nitriles is 1. The molecule has 3 heterocycles. The zero-order valence-electron chi connectivity index (χ0n) is 18.3. The first-order chi connectivity index (χ1) is 16.0. The third-order valence-electron chi connectivity index (χ3n) is 6.71. The summed E-state index contributed by atoms with van der Waals surface area (Å²) >= 11 is 6.58. The van der Waals surface area contributed by atoms with Gasteiger partial charge in [0.25, 0.3) is 0 Å². The van der Waals surface area contributed by atoms with Gasteiger partial charge in [-0.15, -0.1) is 0 Å². The lowest BCUT2D eigenvalue weighted by Crippen LogP contribution is -2.59. The van der Waals surface area contributed by atoms with Crippen LogP contribution in [0.3, 0.4) is 0 Å². The predicted octanol–water partition coefficient (Wildman–Crippen LogP) is 4.66. The van der Waals surface area contributed by atoms with Crippen LogP contribution in [0.4, 0.5) is 5.82 Å². The van der Waals surface area contributed by atoms with E-state index in [1.807, 2.05) is 47.4 Å². The molecule has 33 heavy (non-hydrogen) atoms. The molecule has 0 bridgehead atoms. The number of carbonyl (C=O) groups is 1. The summed E-state index contributed by atoms with van der Waals surface area (Å²) in [7, 11) is 1.62. The second kappa shape index (κ2) is 8.09. The van der Waals surface area contributed by atoms with Crippen LogP contribution in [0.15, 0.2) is 55.1 Å². The van der Waals surface area contributed by atoms with E-state index in [1.54, 1.807) is 7.11 Å². The summed E-state index contributed by atoms with van der Waals surface area (Å²) in [5.41, 5.74) is 2.87. The highest BCUT2D eigenvalue weighted by atomic mass is 35.5. The molecule has 0 unspecified atom stereocenters. The van der Waals surface area contributed by atoms with Gasteiger partial charge in [0.05, 0.1) is 12.6 Å². The van der Waals surface area contributed by atoms with E-state index in [4.69, 9.17) is 21.3 Å². The molecule has 6 nitrogen and oxygen atoms in total. The number of benzene rings is 2. The summed E-state index contributed by atoms with van der Waals surface area (Å²) in [6.07, 6.45) is 2.31. The summed E-state index contributed by atoms with van der Waals surface area (Å²) in [4.78, 5) is 20.9. The zero-order chi connectivity index (χ0) is 23.2. The lowest BCUT2D eigenvalue weighted by molar-refractivity contribution is -0.136.